The lowest BCUT2D eigenvalue weighted by Gasteiger charge is -2.29. The Hall–Kier alpha value is -1.63. The highest BCUT2D eigenvalue weighted by Gasteiger charge is 2.31. The number of nitrogens with one attached hydrogen (secondary N) is 2. The van der Waals surface area contributed by atoms with E-state index in [2.05, 4.69) is 5.32 Å². The summed E-state index contributed by atoms with van der Waals surface area (Å²) >= 11 is 5.90. The van der Waals surface area contributed by atoms with Gasteiger partial charge in [-0.1, -0.05) is 31.2 Å². The molecule has 0 saturated heterocycles. The normalized spacial score (nSPS) is 22.2. The minimum Gasteiger partial charge on any atom is -0.391 e. The average Bonchev–Trinajstić information content (AvgIpc) is 2.59. The molecule has 1 aliphatic carbocycles. The summed E-state index contributed by atoms with van der Waals surface area (Å²) in [6, 6.07) is 6.62. The van der Waals surface area contributed by atoms with Crippen molar-refractivity contribution in [1.82, 2.24) is 10.8 Å². The molecule has 1 aromatic carbocycles. The van der Waals surface area contributed by atoms with E-state index >= 15 is 0 Å². The summed E-state index contributed by atoms with van der Waals surface area (Å²) in [5, 5.41) is 21.5. The molecule has 0 spiro atoms. The van der Waals surface area contributed by atoms with Gasteiger partial charge in [0.25, 0.3) is 5.91 Å². The van der Waals surface area contributed by atoms with Crippen LogP contribution in [0.25, 0.3) is 0 Å². The highest BCUT2D eigenvalue weighted by atomic mass is 35.5. The van der Waals surface area contributed by atoms with Crippen molar-refractivity contribution >= 4 is 23.4 Å². The number of hydrogen-bond acceptors (Lipinski definition) is 4. The molecular weight excluding hydrogens is 344 g/mol. The van der Waals surface area contributed by atoms with Gasteiger partial charge in [-0.15, -0.1) is 0 Å². The van der Waals surface area contributed by atoms with Gasteiger partial charge in [0.1, 0.15) is 6.04 Å². The summed E-state index contributed by atoms with van der Waals surface area (Å²) < 4.78 is 0. The van der Waals surface area contributed by atoms with E-state index in [0.29, 0.717) is 23.8 Å². The Morgan fingerprint density at radius 2 is 1.72 bits per heavy atom. The molecule has 2 amide bonds. The van der Waals surface area contributed by atoms with E-state index < -0.39 is 18.1 Å². The molecule has 0 aliphatic heterocycles. The second-order valence-electron chi connectivity index (χ2n) is 6.30. The predicted octanol–water partition coefficient (Wildman–Crippen LogP) is 2.62. The lowest BCUT2D eigenvalue weighted by molar-refractivity contribution is -0.139. The number of amides is 2. The van der Waals surface area contributed by atoms with E-state index in [1.54, 1.807) is 0 Å². The zero-order valence-electron chi connectivity index (χ0n) is 13.5. The van der Waals surface area contributed by atoms with Gasteiger partial charge in [-0.05, 0) is 56.2 Å². The molecular formula is C18H27ClN2O4. The van der Waals surface area contributed by atoms with Crippen LogP contribution < -0.4 is 10.8 Å². The maximum atomic E-state index is 12.3. The van der Waals surface area contributed by atoms with Gasteiger partial charge in [-0.2, -0.15) is 0 Å². The number of benzene rings is 1. The molecule has 0 unspecified atom stereocenters. The number of halogens is 1. The van der Waals surface area contributed by atoms with Gasteiger partial charge in [-0.25, -0.2) is 5.48 Å². The minimum atomic E-state index is -1.16. The number of carbonyl (C=O) groups is 2. The Bertz CT molecular complexity index is 569. The molecule has 0 aromatic heterocycles. The molecule has 1 fully saturated rings. The van der Waals surface area contributed by atoms with Crippen LogP contribution in [-0.2, 0) is 9.59 Å². The van der Waals surface area contributed by atoms with Gasteiger partial charge < -0.3 is 10.4 Å². The molecule has 140 valence electrons. The smallest absolute Gasteiger partial charge is 0.268 e. The van der Waals surface area contributed by atoms with Crippen molar-refractivity contribution < 1.29 is 19.9 Å². The van der Waals surface area contributed by atoms with Crippen molar-refractivity contribution in [3.05, 3.63) is 34.9 Å². The molecule has 25 heavy (non-hydrogen) atoms. The number of hydroxylamine groups is 1. The lowest BCUT2D eigenvalue weighted by Crippen LogP contribution is -2.53. The Morgan fingerprint density at radius 1 is 1.16 bits per heavy atom. The van der Waals surface area contributed by atoms with E-state index in [4.69, 9.17) is 16.8 Å². The van der Waals surface area contributed by atoms with Crippen molar-refractivity contribution in [2.45, 2.75) is 58.1 Å². The first-order valence-corrected chi connectivity index (χ1v) is 8.48. The molecule has 4 N–H and O–H groups in total. The summed E-state index contributed by atoms with van der Waals surface area (Å²) in [7, 11) is 0. The van der Waals surface area contributed by atoms with E-state index in [9.17, 15) is 14.7 Å². The molecule has 0 bridgehead atoms. The highest BCUT2D eigenvalue weighted by molar-refractivity contribution is 6.30. The first kappa shape index (κ1) is 21.4. The molecule has 6 nitrogen and oxygen atoms in total. The maximum Gasteiger partial charge on any atom is 0.268 e. The first-order chi connectivity index (χ1) is 11.4. The Kier molecular flexibility index (Phi) is 8.35. The van der Waals surface area contributed by atoms with Crippen LogP contribution >= 0.6 is 11.6 Å². The Balaban J connectivity index is 0.00000312. The van der Waals surface area contributed by atoms with Crippen LogP contribution in [0.5, 0.6) is 0 Å². The molecule has 0 heterocycles. The quantitative estimate of drug-likeness (QED) is 0.473. The Morgan fingerprint density at radius 3 is 2.20 bits per heavy atom. The fourth-order valence-corrected chi connectivity index (χ4v) is 3.30. The number of aliphatic hydroxyl groups is 1. The van der Waals surface area contributed by atoms with Gasteiger partial charge in [0.2, 0.25) is 5.91 Å². The molecule has 2 rings (SSSR count). The SMILES string of the molecule is C.C[C@@H](O)[C@H](NC(=O)C1CCC(c2ccc(Cl)cc2)CC1)C(=O)NO. The fraction of sp³-hybridized carbons (Fsp3) is 0.556. The van der Waals surface area contributed by atoms with Crippen molar-refractivity contribution in [3.8, 4) is 0 Å². The fourth-order valence-electron chi connectivity index (χ4n) is 3.17. The largest absolute Gasteiger partial charge is 0.391 e. The van der Waals surface area contributed by atoms with Crippen LogP contribution in [0.1, 0.15) is 51.5 Å². The second kappa shape index (κ2) is 9.75. The summed E-state index contributed by atoms with van der Waals surface area (Å²) in [6.07, 6.45) is 2.10. The van der Waals surface area contributed by atoms with Crippen LogP contribution in [-0.4, -0.2) is 34.3 Å². The topological polar surface area (TPSA) is 98.7 Å². The number of aliphatic hydroxyl groups excluding tert-OH is 1. The second-order valence-corrected chi connectivity index (χ2v) is 6.74. The van der Waals surface area contributed by atoms with Gasteiger partial charge in [0.05, 0.1) is 6.10 Å². The van der Waals surface area contributed by atoms with E-state index in [-0.39, 0.29) is 19.3 Å². The molecule has 1 aliphatic rings. The van der Waals surface area contributed by atoms with Gasteiger partial charge in [-0.3, -0.25) is 14.8 Å². The van der Waals surface area contributed by atoms with Crippen LogP contribution in [0.3, 0.4) is 0 Å². The van der Waals surface area contributed by atoms with Crippen LogP contribution in [0.15, 0.2) is 24.3 Å². The molecule has 7 heteroatoms. The van der Waals surface area contributed by atoms with Gasteiger partial charge >= 0.3 is 0 Å². The lowest BCUT2D eigenvalue weighted by atomic mass is 9.78. The third-order valence-corrected chi connectivity index (χ3v) is 4.86. The molecule has 0 radical (unpaired) electrons. The van der Waals surface area contributed by atoms with E-state index in [1.165, 1.54) is 18.0 Å². The standard InChI is InChI=1S/C17H23ClN2O4.CH4/c1-10(21)15(17(23)20-24)19-16(22)13-4-2-11(3-5-13)12-6-8-14(18)9-7-12;/h6-11,13,15,21,24H,2-5H2,1H3,(H,19,22)(H,20,23);1H4/t10-,11?,13?,15+;/m1./s1. The summed E-state index contributed by atoms with van der Waals surface area (Å²) in [4.78, 5) is 23.8. The van der Waals surface area contributed by atoms with E-state index in [0.717, 1.165) is 12.8 Å². The van der Waals surface area contributed by atoms with Gasteiger partial charge in [0.15, 0.2) is 0 Å². The molecule has 1 saturated carbocycles. The van der Waals surface area contributed by atoms with Gasteiger partial charge in [0, 0.05) is 10.9 Å². The van der Waals surface area contributed by atoms with Crippen LogP contribution in [0, 0.1) is 5.92 Å². The minimum absolute atomic E-state index is 0. The van der Waals surface area contributed by atoms with Crippen molar-refractivity contribution in [2.24, 2.45) is 5.92 Å². The van der Waals surface area contributed by atoms with Crippen LogP contribution in [0.4, 0.5) is 0 Å². The summed E-state index contributed by atoms with van der Waals surface area (Å²) in [6.45, 7) is 1.39. The highest BCUT2D eigenvalue weighted by Crippen LogP contribution is 2.36. The van der Waals surface area contributed by atoms with Crippen LogP contribution in [0.2, 0.25) is 5.02 Å². The van der Waals surface area contributed by atoms with E-state index in [1.807, 2.05) is 24.3 Å². The third kappa shape index (κ3) is 5.70. The third-order valence-electron chi connectivity index (χ3n) is 4.61. The zero-order valence-corrected chi connectivity index (χ0v) is 14.3. The first-order valence-electron chi connectivity index (χ1n) is 8.10. The predicted molar refractivity (Wildman–Crippen MR) is 96.4 cm³/mol. The summed E-state index contributed by atoms with van der Waals surface area (Å²) in [5.74, 6) is -0.881. The number of carbonyl (C=O) groups excluding carboxylic acids is 2. The molecule has 1 aromatic rings. The zero-order chi connectivity index (χ0) is 17.7. The van der Waals surface area contributed by atoms with Crippen molar-refractivity contribution in [3.63, 3.8) is 0 Å². The molecule has 2 atom stereocenters. The number of rotatable bonds is 5. The monoisotopic (exact) mass is 370 g/mol. The summed E-state index contributed by atoms with van der Waals surface area (Å²) in [5.41, 5.74) is 2.69. The average molecular weight is 371 g/mol. The maximum absolute atomic E-state index is 12.3. The number of hydrogen-bond donors (Lipinski definition) is 4. The Labute approximate surface area is 153 Å². The van der Waals surface area contributed by atoms with Crippen molar-refractivity contribution in [2.75, 3.05) is 0 Å². The van der Waals surface area contributed by atoms with Crippen molar-refractivity contribution in [1.29, 1.82) is 0 Å².